The van der Waals surface area contributed by atoms with Crippen LogP contribution in [-0.4, -0.2) is 16.8 Å². The summed E-state index contributed by atoms with van der Waals surface area (Å²) in [5, 5.41) is 4.58. The molecule has 3 N–H and O–H groups in total. The normalized spacial score (nSPS) is 10.5. The zero-order valence-electron chi connectivity index (χ0n) is 12.3. The quantitative estimate of drug-likeness (QED) is 0.743. The molecule has 0 unspecified atom stereocenters. The summed E-state index contributed by atoms with van der Waals surface area (Å²) in [5.41, 5.74) is 6.25. The van der Waals surface area contributed by atoms with Crippen LogP contribution in [0.5, 0.6) is 0 Å². The molecule has 0 saturated carbocycles. The van der Waals surface area contributed by atoms with Crippen LogP contribution in [0, 0.1) is 5.82 Å². The number of amides is 2. The van der Waals surface area contributed by atoms with E-state index in [0.717, 1.165) is 0 Å². The zero-order valence-corrected chi connectivity index (χ0v) is 13.1. The number of carbonyl (C=O) groups excluding carboxylic acids is 2. The van der Waals surface area contributed by atoms with E-state index in [9.17, 15) is 14.0 Å². The number of carbonyl (C=O) groups is 2. The van der Waals surface area contributed by atoms with Crippen LogP contribution in [0.3, 0.4) is 0 Å². The lowest BCUT2D eigenvalue weighted by Crippen LogP contribution is -2.14. The maximum absolute atomic E-state index is 12.9. The van der Waals surface area contributed by atoms with Gasteiger partial charge in [-0.1, -0.05) is 0 Å². The first-order chi connectivity index (χ1) is 11.5. The van der Waals surface area contributed by atoms with Gasteiger partial charge in [-0.15, -0.1) is 11.3 Å². The van der Waals surface area contributed by atoms with Gasteiger partial charge in [0.25, 0.3) is 5.91 Å². The van der Waals surface area contributed by atoms with E-state index in [2.05, 4.69) is 10.3 Å². The largest absolute Gasteiger partial charge is 0.451 e. The Morgan fingerprint density at radius 2 is 1.96 bits per heavy atom. The summed E-state index contributed by atoms with van der Waals surface area (Å²) >= 11 is 1.19. The second-order valence-corrected chi connectivity index (χ2v) is 5.77. The fourth-order valence-corrected chi connectivity index (χ4v) is 2.72. The van der Waals surface area contributed by atoms with Gasteiger partial charge in [-0.2, -0.15) is 0 Å². The van der Waals surface area contributed by atoms with Crippen molar-refractivity contribution in [3.63, 3.8) is 0 Å². The molecule has 6 nitrogen and oxygen atoms in total. The van der Waals surface area contributed by atoms with Crippen LogP contribution in [0.15, 0.2) is 46.2 Å². The molecule has 3 rings (SSSR count). The van der Waals surface area contributed by atoms with Crippen LogP contribution in [0.2, 0.25) is 0 Å². The van der Waals surface area contributed by atoms with Crippen molar-refractivity contribution in [3.8, 4) is 11.3 Å². The Labute approximate surface area is 140 Å². The number of hydrogen-bond acceptors (Lipinski definition) is 5. The Morgan fingerprint density at radius 1 is 1.21 bits per heavy atom. The number of anilines is 1. The molecule has 0 radical (unpaired) electrons. The van der Waals surface area contributed by atoms with Crippen molar-refractivity contribution in [2.45, 2.75) is 6.42 Å². The Kier molecular flexibility index (Phi) is 4.39. The van der Waals surface area contributed by atoms with Crippen LogP contribution >= 0.6 is 11.3 Å². The second-order valence-electron chi connectivity index (χ2n) is 4.91. The fourth-order valence-electron chi connectivity index (χ4n) is 2.01. The van der Waals surface area contributed by atoms with Gasteiger partial charge < -0.3 is 10.2 Å². The van der Waals surface area contributed by atoms with Crippen LogP contribution in [0.25, 0.3) is 11.3 Å². The summed E-state index contributed by atoms with van der Waals surface area (Å²) in [5.74, 6) is -0.759. The minimum atomic E-state index is -0.492. The highest BCUT2D eigenvalue weighted by molar-refractivity contribution is 7.14. The molecule has 2 amide bonds. The minimum Gasteiger partial charge on any atom is -0.451 e. The molecular weight excluding hydrogens is 333 g/mol. The lowest BCUT2D eigenvalue weighted by Gasteiger charge is -1.99. The molecule has 2 heterocycles. The average Bonchev–Trinajstić information content (AvgIpc) is 3.17. The molecule has 24 heavy (non-hydrogen) atoms. The number of nitrogens with two attached hydrogens (primary N) is 1. The van der Waals surface area contributed by atoms with Crippen LogP contribution in [0.4, 0.5) is 9.52 Å². The van der Waals surface area contributed by atoms with E-state index in [1.807, 2.05) is 0 Å². The number of thiazole rings is 1. The number of primary amides is 1. The molecule has 0 aliphatic rings. The van der Waals surface area contributed by atoms with E-state index in [1.54, 1.807) is 23.6 Å². The summed E-state index contributed by atoms with van der Waals surface area (Å²) in [7, 11) is 0. The van der Waals surface area contributed by atoms with Crippen molar-refractivity contribution in [1.82, 2.24) is 4.98 Å². The summed E-state index contributed by atoms with van der Waals surface area (Å²) in [4.78, 5) is 27.1. The molecule has 0 spiro atoms. The lowest BCUT2D eigenvalue weighted by molar-refractivity contribution is -0.117. The zero-order chi connectivity index (χ0) is 17.1. The summed E-state index contributed by atoms with van der Waals surface area (Å²) in [6.07, 6.45) is 0.0157. The Hall–Kier alpha value is -3.00. The number of nitrogens with one attached hydrogen (secondary N) is 1. The number of aromatic nitrogens is 1. The van der Waals surface area contributed by atoms with Gasteiger partial charge in [-0.25, -0.2) is 9.37 Å². The van der Waals surface area contributed by atoms with Gasteiger partial charge in [0, 0.05) is 10.9 Å². The van der Waals surface area contributed by atoms with Crippen LogP contribution in [0.1, 0.15) is 16.2 Å². The molecule has 0 bridgehead atoms. The van der Waals surface area contributed by atoms with Gasteiger partial charge in [-0.05, 0) is 36.4 Å². The van der Waals surface area contributed by atoms with Gasteiger partial charge in [-0.3, -0.25) is 14.9 Å². The maximum atomic E-state index is 12.9. The standard InChI is InChI=1S/C16H12FN3O3S/c17-10-3-1-9(2-4-10)12-5-6-13(23-12)15(22)20-16-19-11(8-24-16)7-14(18)21/h1-6,8H,7H2,(H2,18,21)(H,19,20,22). The van der Waals surface area contributed by atoms with Gasteiger partial charge >= 0.3 is 0 Å². The Morgan fingerprint density at radius 3 is 2.67 bits per heavy atom. The van der Waals surface area contributed by atoms with Gasteiger partial charge in [0.15, 0.2) is 10.9 Å². The minimum absolute atomic E-state index is 0.0157. The third kappa shape index (κ3) is 3.66. The molecule has 0 fully saturated rings. The molecule has 3 aromatic rings. The smallest absolute Gasteiger partial charge is 0.293 e. The van der Waals surface area contributed by atoms with E-state index in [-0.39, 0.29) is 18.0 Å². The first kappa shape index (κ1) is 15.9. The van der Waals surface area contributed by atoms with E-state index < -0.39 is 11.8 Å². The molecule has 0 aliphatic heterocycles. The van der Waals surface area contributed by atoms with Gasteiger partial charge in [0.05, 0.1) is 12.1 Å². The number of hydrogen-bond donors (Lipinski definition) is 2. The lowest BCUT2D eigenvalue weighted by atomic mass is 10.2. The third-order valence-electron chi connectivity index (χ3n) is 3.09. The Bertz CT molecular complexity index is 886. The van der Waals surface area contributed by atoms with E-state index in [4.69, 9.17) is 10.2 Å². The van der Waals surface area contributed by atoms with Crippen LogP contribution in [-0.2, 0) is 11.2 Å². The van der Waals surface area contributed by atoms with E-state index in [1.165, 1.54) is 29.5 Å². The summed E-state index contributed by atoms with van der Waals surface area (Å²) in [6.45, 7) is 0. The molecule has 122 valence electrons. The third-order valence-corrected chi connectivity index (χ3v) is 3.89. The molecule has 0 aliphatic carbocycles. The molecule has 1 aromatic carbocycles. The first-order valence-corrected chi connectivity index (χ1v) is 7.79. The van der Waals surface area contributed by atoms with E-state index >= 15 is 0 Å². The first-order valence-electron chi connectivity index (χ1n) is 6.91. The van der Waals surface area contributed by atoms with Crippen molar-refractivity contribution in [2.24, 2.45) is 5.73 Å². The van der Waals surface area contributed by atoms with Gasteiger partial charge in [0.2, 0.25) is 5.91 Å². The number of furan rings is 1. The highest BCUT2D eigenvalue weighted by Gasteiger charge is 2.14. The SMILES string of the molecule is NC(=O)Cc1csc(NC(=O)c2ccc(-c3ccc(F)cc3)o2)n1. The topological polar surface area (TPSA) is 98.2 Å². The molecular formula is C16H12FN3O3S. The Balaban J connectivity index is 1.70. The number of nitrogens with zero attached hydrogens (tertiary/aromatic N) is 1. The maximum Gasteiger partial charge on any atom is 0.293 e. The van der Waals surface area contributed by atoms with E-state index in [0.29, 0.717) is 22.1 Å². The highest BCUT2D eigenvalue weighted by atomic mass is 32.1. The fraction of sp³-hybridized carbons (Fsp3) is 0.0625. The molecule has 0 atom stereocenters. The molecule has 2 aromatic heterocycles. The van der Waals surface area contributed by atoms with Crippen molar-refractivity contribution < 1.29 is 18.4 Å². The summed E-state index contributed by atoms with van der Waals surface area (Å²) in [6, 6.07) is 8.90. The number of benzene rings is 1. The summed E-state index contributed by atoms with van der Waals surface area (Å²) < 4.78 is 18.4. The number of rotatable bonds is 5. The van der Waals surface area contributed by atoms with Gasteiger partial charge in [0.1, 0.15) is 11.6 Å². The highest BCUT2D eigenvalue weighted by Crippen LogP contribution is 2.23. The molecule has 0 saturated heterocycles. The van der Waals surface area contributed by atoms with Crippen molar-refractivity contribution in [2.75, 3.05) is 5.32 Å². The second kappa shape index (κ2) is 6.63. The molecule has 8 heteroatoms. The van der Waals surface area contributed by atoms with Crippen molar-refractivity contribution >= 4 is 28.3 Å². The predicted molar refractivity (Wildman–Crippen MR) is 87.1 cm³/mol. The average molecular weight is 345 g/mol. The van der Waals surface area contributed by atoms with Crippen molar-refractivity contribution in [1.29, 1.82) is 0 Å². The van der Waals surface area contributed by atoms with Crippen LogP contribution < -0.4 is 11.1 Å². The monoisotopic (exact) mass is 345 g/mol. The number of halogens is 1. The predicted octanol–water partition coefficient (Wildman–Crippen LogP) is 2.82. The van der Waals surface area contributed by atoms with Crippen molar-refractivity contribution in [3.05, 3.63) is 59.0 Å².